The first-order chi connectivity index (χ1) is 14.5. The van der Waals surface area contributed by atoms with Crippen molar-refractivity contribution in [3.05, 3.63) is 75.5 Å². The normalized spacial score (nSPS) is 13.3. The van der Waals surface area contributed by atoms with Crippen molar-refractivity contribution in [3.8, 4) is 11.5 Å². The number of carbonyl (C=O) groups is 1. The number of ether oxygens (including phenoxy) is 2. The van der Waals surface area contributed by atoms with E-state index in [0.717, 1.165) is 11.3 Å². The number of aromatic nitrogens is 3. The first-order valence-electron chi connectivity index (χ1n) is 9.85. The van der Waals surface area contributed by atoms with Crippen LogP contribution in [0.3, 0.4) is 0 Å². The molecule has 3 heterocycles. The minimum atomic E-state index is -0.384. The van der Waals surface area contributed by atoms with Gasteiger partial charge in [0.2, 0.25) is 6.79 Å². The van der Waals surface area contributed by atoms with Gasteiger partial charge in [0.15, 0.2) is 11.5 Å². The van der Waals surface area contributed by atoms with Gasteiger partial charge in [0.05, 0.1) is 18.3 Å². The molecule has 1 aliphatic rings. The summed E-state index contributed by atoms with van der Waals surface area (Å²) in [5.41, 5.74) is 2.24. The number of amides is 1. The molecule has 1 unspecified atom stereocenters. The maximum absolute atomic E-state index is 13.1. The summed E-state index contributed by atoms with van der Waals surface area (Å²) in [6.07, 6.45) is 4.08. The summed E-state index contributed by atoms with van der Waals surface area (Å²) in [4.78, 5) is 26.2. The molecular weight excluding hydrogens is 384 g/mol. The van der Waals surface area contributed by atoms with Crippen LogP contribution in [0.5, 0.6) is 11.5 Å². The van der Waals surface area contributed by atoms with E-state index in [1.54, 1.807) is 30.1 Å². The molecule has 0 saturated carbocycles. The average Bonchev–Trinajstić information content (AvgIpc) is 3.36. The molecule has 0 fully saturated rings. The first kappa shape index (κ1) is 19.8. The lowest BCUT2D eigenvalue weighted by Crippen LogP contribution is -2.36. The molecule has 0 spiro atoms. The van der Waals surface area contributed by atoms with Gasteiger partial charge in [-0.15, -0.1) is 0 Å². The van der Waals surface area contributed by atoms with E-state index in [4.69, 9.17) is 9.47 Å². The van der Waals surface area contributed by atoms with Crippen LogP contribution in [-0.2, 0) is 13.6 Å². The molecule has 1 aromatic carbocycles. The third kappa shape index (κ3) is 3.68. The van der Waals surface area contributed by atoms with Gasteiger partial charge in [0.1, 0.15) is 5.56 Å². The van der Waals surface area contributed by atoms with Crippen LogP contribution in [0, 0.1) is 6.92 Å². The third-order valence-electron chi connectivity index (χ3n) is 5.32. The van der Waals surface area contributed by atoms with Crippen LogP contribution < -0.4 is 20.3 Å². The zero-order valence-electron chi connectivity index (χ0n) is 17.2. The highest BCUT2D eigenvalue weighted by Crippen LogP contribution is 2.32. The van der Waals surface area contributed by atoms with Crippen LogP contribution in [0.25, 0.3) is 0 Å². The Hall–Kier alpha value is -3.55. The van der Waals surface area contributed by atoms with Gasteiger partial charge in [-0.3, -0.25) is 14.3 Å². The monoisotopic (exact) mass is 408 g/mol. The second-order valence-corrected chi connectivity index (χ2v) is 7.31. The summed E-state index contributed by atoms with van der Waals surface area (Å²) >= 11 is 0. The summed E-state index contributed by atoms with van der Waals surface area (Å²) in [6.45, 7) is 4.28. The number of hydrogen-bond donors (Lipinski definition) is 1. The summed E-state index contributed by atoms with van der Waals surface area (Å²) in [6, 6.07) is 8.98. The zero-order valence-corrected chi connectivity index (χ0v) is 17.2. The standard InChI is InChI=1S/C22H24N4O4/c1-4-16(17-7-9-23-25(17)3)24-21(27)20-14(2)8-10-26(22(20)28)12-15-5-6-18-19(11-15)30-13-29-18/h5-11,16H,4,12-13H2,1-3H3,(H,24,27). The second-order valence-electron chi connectivity index (χ2n) is 7.31. The lowest BCUT2D eigenvalue weighted by atomic mass is 10.1. The number of hydrogen-bond acceptors (Lipinski definition) is 5. The molecule has 8 heteroatoms. The lowest BCUT2D eigenvalue weighted by molar-refractivity contribution is 0.0931. The fraction of sp³-hybridized carbons (Fsp3) is 0.318. The van der Waals surface area contributed by atoms with Gasteiger partial charge < -0.3 is 19.4 Å². The zero-order chi connectivity index (χ0) is 21.3. The van der Waals surface area contributed by atoms with E-state index in [1.165, 1.54) is 4.57 Å². The predicted octanol–water partition coefficient (Wildman–Crippen LogP) is 2.55. The van der Waals surface area contributed by atoms with Crippen molar-refractivity contribution in [2.24, 2.45) is 7.05 Å². The van der Waals surface area contributed by atoms with Gasteiger partial charge in [0, 0.05) is 19.4 Å². The molecule has 2 aromatic heterocycles. The highest BCUT2D eigenvalue weighted by Gasteiger charge is 2.21. The fourth-order valence-corrected chi connectivity index (χ4v) is 3.64. The third-order valence-corrected chi connectivity index (χ3v) is 5.32. The lowest BCUT2D eigenvalue weighted by Gasteiger charge is -2.18. The number of pyridine rings is 1. The second kappa shape index (κ2) is 8.06. The number of rotatable bonds is 6. The van der Waals surface area contributed by atoms with Crippen molar-refractivity contribution in [1.82, 2.24) is 19.7 Å². The van der Waals surface area contributed by atoms with E-state index in [0.29, 0.717) is 30.0 Å². The van der Waals surface area contributed by atoms with Crippen LogP contribution in [0.15, 0.2) is 47.5 Å². The molecule has 8 nitrogen and oxygen atoms in total. The van der Waals surface area contributed by atoms with Gasteiger partial charge in [-0.1, -0.05) is 13.0 Å². The molecule has 1 aliphatic heterocycles. The number of nitrogens with zero attached hydrogens (tertiary/aromatic N) is 3. The van der Waals surface area contributed by atoms with Crippen LogP contribution in [0.4, 0.5) is 0 Å². The van der Waals surface area contributed by atoms with Gasteiger partial charge in [-0.2, -0.15) is 5.10 Å². The van der Waals surface area contributed by atoms with Crippen molar-refractivity contribution in [1.29, 1.82) is 0 Å². The Labute approximate surface area is 174 Å². The van der Waals surface area contributed by atoms with E-state index in [2.05, 4.69) is 10.4 Å². The van der Waals surface area contributed by atoms with Crippen molar-refractivity contribution in [3.63, 3.8) is 0 Å². The van der Waals surface area contributed by atoms with Crippen LogP contribution >= 0.6 is 0 Å². The summed E-state index contributed by atoms with van der Waals surface area (Å²) < 4.78 is 14.0. The summed E-state index contributed by atoms with van der Waals surface area (Å²) in [5, 5.41) is 7.15. The Morgan fingerprint density at radius 2 is 2.03 bits per heavy atom. The molecule has 1 N–H and O–H groups in total. The highest BCUT2D eigenvalue weighted by molar-refractivity contribution is 5.95. The minimum absolute atomic E-state index is 0.152. The van der Waals surface area contributed by atoms with Crippen LogP contribution in [0.2, 0.25) is 0 Å². The number of benzene rings is 1. The Bertz CT molecular complexity index is 1150. The van der Waals surface area contributed by atoms with Gasteiger partial charge in [-0.05, 0) is 48.7 Å². The van der Waals surface area contributed by atoms with E-state index in [-0.39, 0.29) is 29.9 Å². The van der Waals surface area contributed by atoms with Crippen LogP contribution in [0.1, 0.15) is 46.6 Å². The maximum Gasteiger partial charge on any atom is 0.263 e. The molecule has 0 radical (unpaired) electrons. The van der Waals surface area contributed by atoms with Gasteiger partial charge >= 0.3 is 0 Å². The van der Waals surface area contributed by atoms with E-state index >= 15 is 0 Å². The fourth-order valence-electron chi connectivity index (χ4n) is 3.64. The molecule has 30 heavy (non-hydrogen) atoms. The van der Waals surface area contributed by atoms with Crippen molar-refractivity contribution in [2.75, 3.05) is 6.79 Å². The SMILES string of the molecule is CCC(NC(=O)c1c(C)ccn(Cc2ccc3c(c2)OCO3)c1=O)c1ccnn1C. The minimum Gasteiger partial charge on any atom is -0.454 e. The molecule has 4 rings (SSSR count). The summed E-state index contributed by atoms with van der Waals surface area (Å²) in [7, 11) is 1.83. The van der Waals surface area contributed by atoms with E-state index in [1.807, 2.05) is 38.2 Å². The summed E-state index contributed by atoms with van der Waals surface area (Å²) in [5.74, 6) is 0.967. The Balaban J connectivity index is 1.60. The number of fused-ring (bicyclic) bond motifs is 1. The van der Waals surface area contributed by atoms with Gasteiger partial charge in [-0.25, -0.2) is 0 Å². The molecule has 156 valence electrons. The number of nitrogens with one attached hydrogen (secondary N) is 1. The largest absolute Gasteiger partial charge is 0.454 e. The van der Waals surface area contributed by atoms with E-state index < -0.39 is 0 Å². The molecule has 0 saturated heterocycles. The molecule has 0 aliphatic carbocycles. The highest BCUT2D eigenvalue weighted by atomic mass is 16.7. The topological polar surface area (TPSA) is 87.4 Å². The van der Waals surface area contributed by atoms with Crippen molar-refractivity contribution < 1.29 is 14.3 Å². The Morgan fingerprint density at radius 3 is 2.77 bits per heavy atom. The van der Waals surface area contributed by atoms with E-state index in [9.17, 15) is 9.59 Å². The molecule has 1 atom stereocenters. The average molecular weight is 408 g/mol. The van der Waals surface area contributed by atoms with Crippen molar-refractivity contribution >= 4 is 5.91 Å². The Morgan fingerprint density at radius 1 is 1.23 bits per heavy atom. The molecule has 0 bridgehead atoms. The smallest absolute Gasteiger partial charge is 0.263 e. The van der Waals surface area contributed by atoms with Crippen LogP contribution in [-0.4, -0.2) is 27.0 Å². The molecule has 3 aromatic rings. The molecular formula is C22H24N4O4. The Kier molecular flexibility index (Phi) is 5.31. The predicted molar refractivity (Wildman–Crippen MR) is 111 cm³/mol. The number of aryl methyl sites for hydroxylation is 2. The van der Waals surface area contributed by atoms with Crippen molar-refractivity contribution in [2.45, 2.75) is 32.9 Å². The quantitative estimate of drug-likeness (QED) is 0.677. The molecule has 1 amide bonds. The first-order valence-corrected chi connectivity index (χ1v) is 9.85. The number of carbonyl (C=O) groups excluding carboxylic acids is 1. The van der Waals surface area contributed by atoms with Gasteiger partial charge in [0.25, 0.3) is 11.5 Å². The maximum atomic E-state index is 13.1.